The first-order valence-electron chi connectivity index (χ1n) is 6.55. The SMILES string of the molecule is COc1cc(COCC2CCOC2)ccc1/C(N)=N/O. The number of nitrogens with two attached hydrogens (primary N) is 1. The Morgan fingerprint density at radius 3 is 3.05 bits per heavy atom. The van der Waals surface area contributed by atoms with Gasteiger partial charge in [-0.25, -0.2) is 0 Å². The van der Waals surface area contributed by atoms with Crippen LogP contribution in [0.2, 0.25) is 0 Å². The van der Waals surface area contributed by atoms with Gasteiger partial charge in [0.05, 0.1) is 32.5 Å². The Balaban J connectivity index is 1.94. The van der Waals surface area contributed by atoms with Crippen molar-refractivity contribution in [1.29, 1.82) is 0 Å². The predicted octanol–water partition coefficient (Wildman–Crippen LogP) is 1.34. The zero-order valence-electron chi connectivity index (χ0n) is 11.5. The van der Waals surface area contributed by atoms with Crippen molar-refractivity contribution in [3.05, 3.63) is 29.3 Å². The van der Waals surface area contributed by atoms with Gasteiger partial charge in [0.2, 0.25) is 0 Å². The van der Waals surface area contributed by atoms with Crippen molar-refractivity contribution in [3.8, 4) is 5.75 Å². The van der Waals surface area contributed by atoms with E-state index in [9.17, 15) is 0 Å². The minimum Gasteiger partial charge on any atom is -0.496 e. The van der Waals surface area contributed by atoms with Crippen molar-refractivity contribution < 1.29 is 19.4 Å². The number of oxime groups is 1. The van der Waals surface area contributed by atoms with Gasteiger partial charge < -0.3 is 25.2 Å². The lowest BCUT2D eigenvalue weighted by Crippen LogP contribution is -2.14. The van der Waals surface area contributed by atoms with E-state index in [4.69, 9.17) is 25.2 Å². The molecule has 1 aromatic carbocycles. The summed E-state index contributed by atoms with van der Waals surface area (Å²) in [5, 5.41) is 11.7. The molecule has 0 saturated carbocycles. The smallest absolute Gasteiger partial charge is 0.173 e. The third kappa shape index (κ3) is 3.61. The molecule has 2 rings (SSSR count). The van der Waals surface area contributed by atoms with Crippen LogP contribution < -0.4 is 10.5 Å². The Morgan fingerprint density at radius 1 is 1.55 bits per heavy atom. The van der Waals surface area contributed by atoms with Crippen LogP contribution >= 0.6 is 0 Å². The highest BCUT2D eigenvalue weighted by Gasteiger charge is 2.15. The number of methoxy groups -OCH3 is 1. The van der Waals surface area contributed by atoms with Crippen LogP contribution in [0.3, 0.4) is 0 Å². The first kappa shape index (κ1) is 14.6. The summed E-state index contributed by atoms with van der Waals surface area (Å²) >= 11 is 0. The van der Waals surface area contributed by atoms with Crippen LogP contribution in [0.25, 0.3) is 0 Å². The van der Waals surface area contributed by atoms with E-state index in [1.54, 1.807) is 13.2 Å². The molecule has 20 heavy (non-hydrogen) atoms. The van der Waals surface area contributed by atoms with Crippen molar-refractivity contribution in [3.63, 3.8) is 0 Å². The summed E-state index contributed by atoms with van der Waals surface area (Å²) in [4.78, 5) is 0. The highest BCUT2D eigenvalue weighted by molar-refractivity contribution is 5.99. The number of nitrogens with zero attached hydrogens (tertiary/aromatic N) is 1. The Kier molecular flexibility index (Phi) is 5.20. The largest absolute Gasteiger partial charge is 0.496 e. The minimum absolute atomic E-state index is 0.0254. The maximum absolute atomic E-state index is 8.71. The topological polar surface area (TPSA) is 86.3 Å². The number of hydrogen-bond acceptors (Lipinski definition) is 5. The standard InChI is InChI=1S/C14H20N2O4/c1-18-13-6-10(2-3-12(13)14(15)16-17)7-20-9-11-4-5-19-8-11/h2-3,6,11,17H,4-5,7-9H2,1H3,(H2,15,16). The molecule has 1 aromatic rings. The summed E-state index contributed by atoms with van der Waals surface area (Å²) in [5.74, 6) is 1.08. The molecule has 6 heteroatoms. The predicted molar refractivity (Wildman–Crippen MR) is 74.1 cm³/mol. The second-order valence-electron chi connectivity index (χ2n) is 4.76. The van der Waals surface area contributed by atoms with E-state index in [2.05, 4.69) is 5.16 Å². The lowest BCUT2D eigenvalue weighted by molar-refractivity contribution is 0.0790. The van der Waals surface area contributed by atoms with Crippen LogP contribution in [0.1, 0.15) is 17.5 Å². The Morgan fingerprint density at radius 2 is 2.40 bits per heavy atom. The summed E-state index contributed by atoms with van der Waals surface area (Å²) in [5.41, 5.74) is 7.12. The summed E-state index contributed by atoms with van der Waals surface area (Å²) in [7, 11) is 1.55. The quantitative estimate of drug-likeness (QED) is 0.355. The number of benzene rings is 1. The van der Waals surface area contributed by atoms with Crippen LogP contribution in [0, 0.1) is 5.92 Å². The average molecular weight is 280 g/mol. The van der Waals surface area contributed by atoms with Gasteiger partial charge in [0.1, 0.15) is 5.75 Å². The lowest BCUT2D eigenvalue weighted by Gasteiger charge is -2.11. The minimum atomic E-state index is 0.0254. The fourth-order valence-electron chi connectivity index (χ4n) is 2.15. The highest BCUT2D eigenvalue weighted by Crippen LogP contribution is 2.21. The van der Waals surface area contributed by atoms with Crippen molar-refractivity contribution in [2.75, 3.05) is 26.9 Å². The second-order valence-corrected chi connectivity index (χ2v) is 4.76. The molecule has 0 spiro atoms. The van der Waals surface area contributed by atoms with Crippen LogP contribution in [0.5, 0.6) is 5.75 Å². The third-order valence-electron chi connectivity index (χ3n) is 3.30. The van der Waals surface area contributed by atoms with Crippen LogP contribution in [0.15, 0.2) is 23.4 Å². The van der Waals surface area contributed by atoms with Gasteiger partial charge in [0, 0.05) is 12.5 Å². The molecule has 3 N–H and O–H groups in total. The number of amidine groups is 1. The van der Waals surface area contributed by atoms with Gasteiger partial charge in [-0.2, -0.15) is 0 Å². The fourth-order valence-corrected chi connectivity index (χ4v) is 2.15. The summed E-state index contributed by atoms with van der Waals surface area (Å²) in [6.07, 6.45) is 1.06. The molecule has 110 valence electrons. The Labute approximate surface area is 118 Å². The first-order valence-corrected chi connectivity index (χ1v) is 6.55. The van der Waals surface area contributed by atoms with Crippen molar-refractivity contribution in [1.82, 2.24) is 0 Å². The lowest BCUT2D eigenvalue weighted by atomic mass is 10.1. The molecule has 6 nitrogen and oxygen atoms in total. The van der Waals surface area contributed by atoms with E-state index in [-0.39, 0.29) is 5.84 Å². The molecule has 0 radical (unpaired) electrons. The molecule has 1 heterocycles. The van der Waals surface area contributed by atoms with E-state index in [0.717, 1.165) is 25.2 Å². The van der Waals surface area contributed by atoms with Gasteiger partial charge in [-0.15, -0.1) is 0 Å². The molecule has 1 saturated heterocycles. The second kappa shape index (κ2) is 7.12. The van der Waals surface area contributed by atoms with Gasteiger partial charge >= 0.3 is 0 Å². The van der Waals surface area contributed by atoms with Gasteiger partial charge in [0.25, 0.3) is 0 Å². The molecule has 0 aliphatic carbocycles. The van der Waals surface area contributed by atoms with Crippen molar-refractivity contribution in [2.45, 2.75) is 13.0 Å². The highest BCUT2D eigenvalue weighted by atomic mass is 16.5. The zero-order valence-corrected chi connectivity index (χ0v) is 11.5. The van der Waals surface area contributed by atoms with Gasteiger partial charge in [-0.1, -0.05) is 11.2 Å². The average Bonchev–Trinajstić information content (AvgIpc) is 2.99. The number of ether oxygens (including phenoxy) is 3. The van der Waals surface area contributed by atoms with E-state index in [1.807, 2.05) is 12.1 Å². The number of hydrogen-bond donors (Lipinski definition) is 2. The van der Waals surface area contributed by atoms with Crippen LogP contribution in [-0.4, -0.2) is 38.0 Å². The molecular weight excluding hydrogens is 260 g/mol. The maximum Gasteiger partial charge on any atom is 0.173 e. The van der Waals surface area contributed by atoms with E-state index >= 15 is 0 Å². The summed E-state index contributed by atoms with van der Waals surface area (Å²) in [6.45, 7) is 2.82. The summed E-state index contributed by atoms with van der Waals surface area (Å²) < 4.78 is 16.2. The Bertz CT molecular complexity index is 470. The van der Waals surface area contributed by atoms with Crippen LogP contribution in [0.4, 0.5) is 0 Å². The van der Waals surface area contributed by atoms with Crippen molar-refractivity contribution in [2.24, 2.45) is 16.8 Å². The molecule has 0 aromatic heterocycles. The van der Waals surface area contributed by atoms with E-state index in [0.29, 0.717) is 30.4 Å². The van der Waals surface area contributed by atoms with E-state index in [1.165, 1.54) is 0 Å². The van der Waals surface area contributed by atoms with Crippen molar-refractivity contribution >= 4 is 5.84 Å². The number of rotatable bonds is 6. The molecule has 1 unspecified atom stereocenters. The molecule has 1 aliphatic heterocycles. The van der Waals surface area contributed by atoms with E-state index < -0.39 is 0 Å². The van der Waals surface area contributed by atoms with Crippen LogP contribution in [-0.2, 0) is 16.1 Å². The normalized spacial score (nSPS) is 19.2. The molecule has 0 bridgehead atoms. The zero-order chi connectivity index (χ0) is 14.4. The molecule has 1 aliphatic rings. The summed E-state index contributed by atoms with van der Waals surface area (Å²) in [6, 6.07) is 5.46. The Hall–Kier alpha value is -1.79. The first-order chi connectivity index (χ1) is 9.74. The van der Waals surface area contributed by atoms with Gasteiger partial charge in [-0.3, -0.25) is 0 Å². The fraction of sp³-hybridized carbons (Fsp3) is 0.500. The molecule has 1 atom stereocenters. The van der Waals surface area contributed by atoms with Gasteiger partial charge in [0.15, 0.2) is 5.84 Å². The van der Waals surface area contributed by atoms with Gasteiger partial charge in [-0.05, 0) is 24.1 Å². The molecule has 0 amide bonds. The molecular formula is C14H20N2O4. The molecule has 1 fully saturated rings. The monoisotopic (exact) mass is 280 g/mol. The third-order valence-corrected chi connectivity index (χ3v) is 3.30. The maximum atomic E-state index is 8.71.